The van der Waals surface area contributed by atoms with E-state index in [9.17, 15) is 9.59 Å². The van der Waals surface area contributed by atoms with Crippen LogP contribution in [0, 0.1) is 18.3 Å². The van der Waals surface area contributed by atoms with E-state index >= 15 is 0 Å². The first-order chi connectivity index (χ1) is 11.0. The van der Waals surface area contributed by atoms with Crippen molar-refractivity contribution in [3.05, 3.63) is 57.3 Å². The normalized spacial score (nSPS) is 11.5. The average Bonchev–Trinajstić information content (AvgIpc) is 2.99. The minimum atomic E-state index is -0.158. The zero-order chi connectivity index (χ0) is 16.8. The maximum atomic E-state index is 12.0. The van der Waals surface area contributed by atoms with Gasteiger partial charge in [-0.25, -0.2) is 0 Å². The Kier molecular flexibility index (Phi) is 5.67. The minimum absolute atomic E-state index is 0.00396. The number of hydrogen-bond donors (Lipinski definition) is 1. The molecular formula is C18H18N2O2S. The third kappa shape index (κ3) is 4.76. The molecule has 1 N–H and O–H groups in total. The van der Waals surface area contributed by atoms with E-state index in [0.29, 0.717) is 10.4 Å². The van der Waals surface area contributed by atoms with Gasteiger partial charge in [-0.05, 0) is 43.7 Å². The van der Waals surface area contributed by atoms with Crippen molar-refractivity contribution >= 4 is 23.0 Å². The molecule has 23 heavy (non-hydrogen) atoms. The Bertz CT molecular complexity index is 741. The lowest BCUT2D eigenvalue weighted by Crippen LogP contribution is -2.26. The summed E-state index contributed by atoms with van der Waals surface area (Å²) in [5.74, 6) is -0.146. The summed E-state index contributed by atoms with van der Waals surface area (Å²) in [6.45, 7) is 3.83. The maximum Gasteiger partial charge on any atom is 0.220 e. The number of carbonyl (C=O) groups is 2. The summed E-state index contributed by atoms with van der Waals surface area (Å²) in [6, 6.07) is 12.7. The van der Waals surface area contributed by atoms with Crippen LogP contribution in [0.1, 0.15) is 51.5 Å². The van der Waals surface area contributed by atoms with Gasteiger partial charge >= 0.3 is 0 Å². The molecule has 5 heteroatoms. The molecule has 0 saturated heterocycles. The number of Topliss-reactive ketones (excluding diaryl/α,β-unsaturated/α-hetero) is 1. The molecule has 0 saturated carbocycles. The van der Waals surface area contributed by atoms with Crippen molar-refractivity contribution in [2.45, 2.75) is 32.7 Å². The largest absolute Gasteiger partial charge is 0.350 e. The fourth-order valence-corrected chi connectivity index (χ4v) is 3.01. The molecule has 0 aliphatic rings. The van der Waals surface area contributed by atoms with Crippen LogP contribution < -0.4 is 5.32 Å². The fourth-order valence-electron chi connectivity index (χ4n) is 2.18. The van der Waals surface area contributed by atoms with E-state index < -0.39 is 0 Å². The lowest BCUT2D eigenvalue weighted by atomic mass is 10.1. The molecule has 0 spiro atoms. The smallest absolute Gasteiger partial charge is 0.220 e. The number of rotatable bonds is 6. The standard InChI is InChI=1S/C18H18N2O2S/c1-12-3-9-17(23-12)16(21)8-10-18(22)20-13(2)15-6-4-14(11-19)5-7-15/h3-7,9,13H,8,10H2,1-2H3,(H,20,22). The summed E-state index contributed by atoms with van der Waals surface area (Å²) >= 11 is 1.45. The Balaban J connectivity index is 1.84. The van der Waals surface area contributed by atoms with Crippen LogP contribution in [0.5, 0.6) is 0 Å². The summed E-state index contributed by atoms with van der Waals surface area (Å²) in [5, 5.41) is 11.7. The second-order valence-electron chi connectivity index (χ2n) is 5.36. The molecule has 1 aromatic carbocycles. The molecule has 1 amide bonds. The molecule has 2 aromatic rings. The monoisotopic (exact) mass is 326 g/mol. The van der Waals surface area contributed by atoms with Gasteiger partial charge in [-0.15, -0.1) is 11.3 Å². The number of nitrogens with one attached hydrogen (secondary N) is 1. The van der Waals surface area contributed by atoms with Crippen molar-refractivity contribution < 1.29 is 9.59 Å². The van der Waals surface area contributed by atoms with Crippen molar-refractivity contribution in [1.82, 2.24) is 5.32 Å². The summed E-state index contributed by atoms with van der Waals surface area (Å²) in [7, 11) is 0. The molecule has 118 valence electrons. The van der Waals surface area contributed by atoms with Crippen LogP contribution in [0.2, 0.25) is 0 Å². The molecule has 1 atom stereocenters. The zero-order valence-corrected chi connectivity index (χ0v) is 13.9. The van der Waals surface area contributed by atoms with E-state index in [0.717, 1.165) is 10.4 Å². The number of amides is 1. The first-order valence-electron chi connectivity index (χ1n) is 7.38. The predicted molar refractivity (Wildman–Crippen MR) is 90.3 cm³/mol. The van der Waals surface area contributed by atoms with Gasteiger partial charge in [-0.2, -0.15) is 5.26 Å². The lowest BCUT2D eigenvalue weighted by Gasteiger charge is -2.14. The molecule has 0 radical (unpaired) electrons. The van der Waals surface area contributed by atoms with Crippen LogP contribution in [0.3, 0.4) is 0 Å². The Morgan fingerprint density at radius 2 is 1.87 bits per heavy atom. The van der Waals surface area contributed by atoms with Crippen molar-refractivity contribution in [1.29, 1.82) is 5.26 Å². The van der Waals surface area contributed by atoms with Gasteiger partial charge in [-0.1, -0.05) is 12.1 Å². The van der Waals surface area contributed by atoms with E-state index in [4.69, 9.17) is 5.26 Å². The van der Waals surface area contributed by atoms with Gasteiger partial charge < -0.3 is 5.32 Å². The van der Waals surface area contributed by atoms with Crippen molar-refractivity contribution in [2.75, 3.05) is 0 Å². The van der Waals surface area contributed by atoms with Crippen molar-refractivity contribution in [2.24, 2.45) is 0 Å². The highest BCUT2D eigenvalue weighted by Gasteiger charge is 2.13. The first-order valence-corrected chi connectivity index (χ1v) is 8.20. The quantitative estimate of drug-likeness (QED) is 0.822. The van der Waals surface area contributed by atoms with Crippen LogP contribution in [0.4, 0.5) is 0 Å². The number of thiophene rings is 1. The number of ketones is 1. The van der Waals surface area contributed by atoms with E-state index in [1.807, 2.05) is 32.0 Å². The Labute approximate surface area is 139 Å². The number of carbonyl (C=O) groups excluding carboxylic acids is 2. The van der Waals surface area contributed by atoms with Crippen molar-refractivity contribution in [3.8, 4) is 6.07 Å². The maximum absolute atomic E-state index is 12.0. The molecule has 0 aliphatic heterocycles. The Morgan fingerprint density at radius 3 is 2.43 bits per heavy atom. The summed E-state index contributed by atoms with van der Waals surface area (Å²) in [6.07, 6.45) is 0.391. The van der Waals surface area contributed by atoms with Gasteiger partial charge in [0, 0.05) is 17.7 Å². The fraction of sp³-hybridized carbons (Fsp3) is 0.278. The second kappa shape index (κ2) is 7.70. The van der Waals surface area contributed by atoms with Gasteiger partial charge in [0.05, 0.1) is 22.6 Å². The molecule has 0 fully saturated rings. The number of aryl methyl sites for hydroxylation is 1. The van der Waals surface area contributed by atoms with Crippen LogP contribution in [-0.2, 0) is 4.79 Å². The lowest BCUT2D eigenvalue weighted by molar-refractivity contribution is -0.121. The summed E-state index contributed by atoms with van der Waals surface area (Å²) in [4.78, 5) is 25.8. The number of hydrogen-bond acceptors (Lipinski definition) is 4. The van der Waals surface area contributed by atoms with E-state index in [-0.39, 0.29) is 30.6 Å². The van der Waals surface area contributed by atoms with Gasteiger partial charge in [0.15, 0.2) is 5.78 Å². The summed E-state index contributed by atoms with van der Waals surface area (Å²) < 4.78 is 0. The Hall–Kier alpha value is -2.45. The predicted octanol–water partition coefficient (Wildman–Crippen LogP) is 3.77. The molecule has 4 nitrogen and oxygen atoms in total. The second-order valence-corrected chi connectivity index (χ2v) is 6.64. The molecule has 0 aliphatic carbocycles. The molecule has 2 rings (SSSR count). The minimum Gasteiger partial charge on any atom is -0.350 e. The van der Waals surface area contributed by atoms with Gasteiger partial charge in [-0.3, -0.25) is 9.59 Å². The van der Waals surface area contributed by atoms with Gasteiger partial charge in [0.1, 0.15) is 0 Å². The number of benzene rings is 1. The zero-order valence-electron chi connectivity index (χ0n) is 13.1. The highest BCUT2D eigenvalue weighted by atomic mass is 32.1. The van der Waals surface area contributed by atoms with E-state index in [1.165, 1.54) is 11.3 Å². The van der Waals surface area contributed by atoms with E-state index in [1.54, 1.807) is 18.2 Å². The SMILES string of the molecule is Cc1ccc(C(=O)CCC(=O)NC(C)c2ccc(C#N)cc2)s1. The summed E-state index contributed by atoms with van der Waals surface area (Å²) in [5.41, 5.74) is 1.52. The van der Waals surface area contributed by atoms with Gasteiger partial charge in [0.2, 0.25) is 5.91 Å². The van der Waals surface area contributed by atoms with Crippen LogP contribution in [-0.4, -0.2) is 11.7 Å². The topological polar surface area (TPSA) is 70.0 Å². The molecule has 0 bridgehead atoms. The highest BCUT2D eigenvalue weighted by molar-refractivity contribution is 7.14. The molecular weight excluding hydrogens is 308 g/mol. The number of nitrogens with zero attached hydrogens (tertiary/aromatic N) is 1. The molecule has 1 heterocycles. The Morgan fingerprint density at radius 1 is 1.17 bits per heavy atom. The molecule has 1 unspecified atom stereocenters. The van der Waals surface area contributed by atoms with Crippen LogP contribution in [0.25, 0.3) is 0 Å². The third-order valence-corrected chi connectivity index (χ3v) is 4.55. The third-order valence-electron chi connectivity index (χ3n) is 3.51. The first kappa shape index (κ1) is 16.9. The van der Waals surface area contributed by atoms with Crippen LogP contribution in [0.15, 0.2) is 36.4 Å². The van der Waals surface area contributed by atoms with Gasteiger partial charge in [0.25, 0.3) is 0 Å². The highest BCUT2D eigenvalue weighted by Crippen LogP contribution is 2.18. The number of nitriles is 1. The van der Waals surface area contributed by atoms with E-state index in [2.05, 4.69) is 11.4 Å². The van der Waals surface area contributed by atoms with Crippen LogP contribution >= 0.6 is 11.3 Å². The van der Waals surface area contributed by atoms with Crippen molar-refractivity contribution in [3.63, 3.8) is 0 Å². The molecule has 1 aromatic heterocycles. The average molecular weight is 326 g/mol.